The van der Waals surface area contributed by atoms with Crippen molar-refractivity contribution >= 4 is 22.8 Å². The van der Waals surface area contributed by atoms with Crippen molar-refractivity contribution < 1.29 is 4.79 Å². The van der Waals surface area contributed by atoms with E-state index in [0.29, 0.717) is 18.4 Å². The van der Waals surface area contributed by atoms with Gasteiger partial charge in [-0.2, -0.15) is 0 Å². The molecule has 98 valence electrons. The summed E-state index contributed by atoms with van der Waals surface area (Å²) < 4.78 is 0. The van der Waals surface area contributed by atoms with Crippen molar-refractivity contribution in [2.45, 2.75) is 46.1 Å². The third-order valence-corrected chi connectivity index (χ3v) is 4.69. The Balaban J connectivity index is 2.05. The Morgan fingerprint density at radius 2 is 2.33 bits per heavy atom. The molecule has 1 aliphatic carbocycles. The van der Waals surface area contributed by atoms with Gasteiger partial charge < -0.3 is 5.32 Å². The first-order chi connectivity index (χ1) is 8.60. The van der Waals surface area contributed by atoms with Crippen LogP contribution in [0.4, 0.5) is 0 Å². The molecule has 1 aromatic rings. The van der Waals surface area contributed by atoms with Gasteiger partial charge in [0.05, 0.1) is 0 Å². The van der Waals surface area contributed by atoms with Crippen LogP contribution in [0.1, 0.15) is 43.6 Å². The maximum absolute atomic E-state index is 11.5. The van der Waals surface area contributed by atoms with Crippen LogP contribution in [0.2, 0.25) is 0 Å². The summed E-state index contributed by atoms with van der Waals surface area (Å²) in [5.41, 5.74) is 2.78. The van der Waals surface area contributed by atoms with Crippen LogP contribution in [0.25, 0.3) is 5.57 Å². The second kappa shape index (κ2) is 5.70. The van der Waals surface area contributed by atoms with Crippen LogP contribution in [0.3, 0.4) is 0 Å². The van der Waals surface area contributed by atoms with Gasteiger partial charge in [0.25, 0.3) is 0 Å². The van der Waals surface area contributed by atoms with E-state index in [1.165, 1.54) is 16.0 Å². The minimum Gasteiger partial charge on any atom is -0.353 e. The van der Waals surface area contributed by atoms with Gasteiger partial charge in [-0.3, -0.25) is 4.79 Å². The highest BCUT2D eigenvalue weighted by molar-refractivity contribution is 7.11. The fraction of sp³-hybridized carbons (Fsp3) is 0.533. The second-order valence-electron chi connectivity index (χ2n) is 5.16. The van der Waals surface area contributed by atoms with Crippen LogP contribution in [-0.2, 0) is 4.79 Å². The Bertz CT molecular complexity index is 461. The van der Waals surface area contributed by atoms with Gasteiger partial charge in [0.2, 0.25) is 5.91 Å². The number of allylic oxidation sites excluding steroid dienone is 1. The zero-order valence-corrected chi connectivity index (χ0v) is 12.1. The number of thiophene rings is 1. The predicted molar refractivity (Wildman–Crippen MR) is 77.7 cm³/mol. The first-order valence-corrected chi connectivity index (χ1v) is 7.52. The van der Waals surface area contributed by atoms with Crippen LogP contribution in [0.5, 0.6) is 0 Å². The minimum atomic E-state index is 0.163. The molecule has 18 heavy (non-hydrogen) atoms. The topological polar surface area (TPSA) is 29.1 Å². The van der Waals surface area contributed by atoms with Crippen molar-refractivity contribution in [1.29, 1.82) is 0 Å². The highest BCUT2D eigenvalue weighted by Gasteiger charge is 2.24. The van der Waals surface area contributed by atoms with Crippen molar-refractivity contribution in [3.63, 3.8) is 0 Å². The van der Waals surface area contributed by atoms with Crippen molar-refractivity contribution in [3.05, 3.63) is 28.0 Å². The SMILES string of the molecule is CCC(=O)NC1CC=C(c2cc(C)cs2)CC1C. The van der Waals surface area contributed by atoms with E-state index in [1.807, 2.05) is 18.3 Å². The molecule has 0 spiro atoms. The van der Waals surface area contributed by atoms with Crippen LogP contribution in [-0.4, -0.2) is 11.9 Å². The molecular weight excluding hydrogens is 242 g/mol. The number of aryl methyl sites for hydroxylation is 1. The van der Waals surface area contributed by atoms with E-state index < -0.39 is 0 Å². The lowest BCUT2D eigenvalue weighted by Crippen LogP contribution is -2.40. The van der Waals surface area contributed by atoms with Gasteiger partial charge in [-0.1, -0.05) is 19.9 Å². The smallest absolute Gasteiger partial charge is 0.219 e. The van der Waals surface area contributed by atoms with E-state index in [1.54, 1.807) is 0 Å². The molecular formula is C15H21NOS. The highest BCUT2D eigenvalue weighted by Crippen LogP contribution is 2.34. The molecule has 1 aromatic heterocycles. The number of rotatable bonds is 3. The van der Waals surface area contributed by atoms with Gasteiger partial charge >= 0.3 is 0 Å². The Hall–Kier alpha value is -1.09. The molecule has 0 aromatic carbocycles. The van der Waals surface area contributed by atoms with E-state index in [2.05, 4.69) is 36.7 Å². The van der Waals surface area contributed by atoms with E-state index in [4.69, 9.17) is 0 Å². The van der Waals surface area contributed by atoms with Crippen LogP contribution >= 0.6 is 11.3 Å². The van der Waals surface area contributed by atoms with Crippen LogP contribution in [0, 0.1) is 12.8 Å². The molecule has 1 amide bonds. The monoisotopic (exact) mass is 263 g/mol. The molecule has 2 atom stereocenters. The van der Waals surface area contributed by atoms with Gasteiger partial charge in [-0.05, 0) is 48.3 Å². The van der Waals surface area contributed by atoms with Crippen LogP contribution in [0.15, 0.2) is 17.5 Å². The summed E-state index contributed by atoms with van der Waals surface area (Å²) in [6.07, 6.45) is 4.89. The number of nitrogens with one attached hydrogen (secondary N) is 1. The van der Waals surface area contributed by atoms with E-state index in [0.717, 1.165) is 12.8 Å². The Labute approximate surface area is 113 Å². The van der Waals surface area contributed by atoms with Crippen LogP contribution < -0.4 is 5.32 Å². The summed E-state index contributed by atoms with van der Waals surface area (Å²) in [5.74, 6) is 0.679. The second-order valence-corrected chi connectivity index (χ2v) is 6.07. The van der Waals surface area contributed by atoms with Gasteiger partial charge in [0, 0.05) is 17.3 Å². The molecule has 0 saturated carbocycles. The molecule has 2 rings (SSSR count). The third-order valence-electron chi connectivity index (χ3n) is 3.56. The average Bonchev–Trinajstić information content (AvgIpc) is 2.78. The minimum absolute atomic E-state index is 0.163. The molecule has 0 radical (unpaired) electrons. The zero-order valence-electron chi connectivity index (χ0n) is 11.3. The predicted octanol–water partition coefficient (Wildman–Crippen LogP) is 3.76. The molecule has 1 aliphatic rings. The summed E-state index contributed by atoms with van der Waals surface area (Å²) in [4.78, 5) is 12.8. The average molecular weight is 263 g/mol. The number of carbonyl (C=O) groups is 1. The molecule has 1 N–H and O–H groups in total. The lowest BCUT2D eigenvalue weighted by Gasteiger charge is -2.29. The number of hydrogen-bond acceptors (Lipinski definition) is 2. The van der Waals surface area contributed by atoms with E-state index in [-0.39, 0.29) is 5.91 Å². The molecule has 0 fully saturated rings. The standard InChI is InChI=1S/C15H21NOS/c1-4-15(17)16-13-6-5-12(8-11(13)3)14-7-10(2)9-18-14/h5,7,9,11,13H,4,6,8H2,1-3H3,(H,16,17). The third kappa shape index (κ3) is 3.02. The van der Waals surface area contributed by atoms with Crippen molar-refractivity contribution in [3.8, 4) is 0 Å². The van der Waals surface area contributed by atoms with Gasteiger partial charge in [-0.15, -0.1) is 11.3 Å². The Kier molecular flexibility index (Phi) is 4.23. The number of hydrogen-bond donors (Lipinski definition) is 1. The quantitative estimate of drug-likeness (QED) is 0.883. The van der Waals surface area contributed by atoms with Gasteiger partial charge in [0.1, 0.15) is 0 Å². The first kappa shape index (κ1) is 13.3. The molecule has 1 heterocycles. The van der Waals surface area contributed by atoms with E-state index >= 15 is 0 Å². The molecule has 0 saturated heterocycles. The summed E-state index contributed by atoms with van der Waals surface area (Å²) in [6, 6.07) is 2.57. The largest absolute Gasteiger partial charge is 0.353 e. The van der Waals surface area contributed by atoms with Crippen molar-refractivity contribution in [1.82, 2.24) is 5.32 Å². The fourth-order valence-electron chi connectivity index (χ4n) is 2.38. The molecule has 2 unspecified atom stereocenters. The summed E-state index contributed by atoms with van der Waals surface area (Å²) in [6.45, 7) is 6.27. The summed E-state index contributed by atoms with van der Waals surface area (Å²) >= 11 is 1.82. The van der Waals surface area contributed by atoms with Gasteiger partial charge in [0.15, 0.2) is 0 Å². The molecule has 2 nitrogen and oxygen atoms in total. The fourth-order valence-corrected chi connectivity index (χ4v) is 3.34. The molecule has 0 aliphatic heterocycles. The lowest BCUT2D eigenvalue weighted by molar-refractivity contribution is -0.121. The molecule has 3 heteroatoms. The summed E-state index contributed by atoms with van der Waals surface area (Å²) in [7, 11) is 0. The highest BCUT2D eigenvalue weighted by atomic mass is 32.1. The van der Waals surface area contributed by atoms with Crippen molar-refractivity contribution in [2.75, 3.05) is 0 Å². The van der Waals surface area contributed by atoms with E-state index in [9.17, 15) is 4.79 Å². The Morgan fingerprint density at radius 3 is 2.89 bits per heavy atom. The summed E-state index contributed by atoms with van der Waals surface area (Å²) in [5, 5.41) is 5.32. The maximum atomic E-state index is 11.5. The lowest BCUT2D eigenvalue weighted by atomic mass is 9.85. The van der Waals surface area contributed by atoms with Gasteiger partial charge in [-0.25, -0.2) is 0 Å². The number of carbonyl (C=O) groups excluding carboxylic acids is 1. The van der Waals surface area contributed by atoms with Crippen molar-refractivity contribution in [2.24, 2.45) is 5.92 Å². The first-order valence-electron chi connectivity index (χ1n) is 6.64. The zero-order chi connectivity index (χ0) is 13.1. The number of amides is 1. The molecule has 0 bridgehead atoms. The normalized spacial score (nSPS) is 23.6. The maximum Gasteiger partial charge on any atom is 0.219 e. The Morgan fingerprint density at radius 1 is 1.56 bits per heavy atom.